The molecule has 0 bridgehead atoms. The maximum atomic E-state index is 12.8. The van der Waals surface area contributed by atoms with Gasteiger partial charge in [0.15, 0.2) is 5.13 Å². The summed E-state index contributed by atoms with van der Waals surface area (Å²) in [5.74, 6) is 1.75. The van der Waals surface area contributed by atoms with Crippen LogP contribution in [-0.2, 0) is 17.6 Å². The zero-order valence-electron chi connectivity index (χ0n) is 18.2. The standard InChI is InChI=1S/C22H30N4O3S/c1-13(27)23-21-24-18(12-30-21)20(28)26-9-7-14(8-10-26)19-16-11-15(22(2,3)4)5-6-17(16)25-29-19/h12,14-15H,5-11H2,1-4H3,(H,23,24,27)/t15-/m1/s1. The van der Waals surface area contributed by atoms with Crippen LogP contribution in [0, 0.1) is 11.3 Å². The van der Waals surface area contributed by atoms with Gasteiger partial charge in [-0.1, -0.05) is 25.9 Å². The number of likely N-dealkylation sites (tertiary alicyclic amines) is 1. The Morgan fingerprint density at radius 3 is 2.63 bits per heavy atom. The van der Waals surface area contributed by atoms with Crippen LogP contribution < -0.4 is 5.32 Å². The highest BCUT2D eigenvalue weighted by Crippen LogP contribution is 2.41. The minimum atomic E-state index is -0.187. The van der Waals surface area contributed by atoms with Gasteiger partial charge in [0.2, 0.25) is 5.91 Å². The van der Waals surface area contributed by atoms with Gasteiger partial charge in [0.1, 0.15) is 11.5 Å². The fourth-order valence-electron chi connectivity index (χ4n) is 4.58. The molecule has 2 amide bonds. The van der Waals surface area contributed by atoms with Crippen molar-refractivity contribution in [3.63, 3.8) is 0 Å². The largest absolute Gasteiger partial charge is 0.361 e. The van der Waals surface area contributed by atoms with Crippen molar-refractivity contribution in [3.05, 3.63) is 28.1 Å². The number of carbonyl (C=O) groups excluding carboxylic acids is 2. The molecule has 0 saturated carbocycles. The number of amides is 2. The summed E-state index contributed by atoms with van der Waals surface area (Å²) < 4.78 is 5.83. The normalized spacial score (nSPS) is 20.1. The lowest BCUT2D eigenvalue weighted by molar-refractivity contribution is -0.114. The topological polar surface area (TPSA) is 88.3 Å². The molecule has 0 spiro atoms. The molecule has 0 radical (unpaired) electrons. The zero-order chi connectivity index (χ0) is 21.5. The second-order valence-corrected chi connectivity index (χ2v) is 10.4. The average molecular weight is 431 g/mol. The monoisotopic (exact) mass is 430 g/mol. The van der Waals surface area contributed by atoms with Gasteiger partial charge in [0, 0.05) is 36.9 Å². The lowest BCUT2D eigenvalue weighted by atomic mass is 9.71. The number of fused-ring (bicyclic) bond motifs is 1. The number of thiazole rings is 1. The van der Waals surface area contributed by atoms with E-state index in [4.69, 9.17) is 4.52 Å². The number of nitrogens with one attached hydrogen (secondary N) is 1. The van der Waals surface area contributed by atoms with Crippen molar-refractivity contribution in [2.24, 2.45) is 11.3 Å². The van der Waals surface area contributed by atoms with Gasteiger partial charge in [-0.25, -0.2) is 4.98 Å². The summed E-state index contributed by atoms with van der Waals surface area (Å²) in [5.41, 5.74) is 3.14. The van der Waals surface area contributed by atoms with Crippen LogP contribution >= 0.6 is 11.3 Å². The van der Waals surface area contributed by atoms with E-state index in [1.54, 1.807) is 5.38 Å². The van der Waals surface area contributed by atoms with Crippen molar-refractivity contribution >= 4 is 28.3 Å². The van der Waals surface area contributed by atoms with Gasteiger partial charge >= 0.3 is 0 Å². The molecule has 2 aromatic heterocycles. The van der Waals surface area contributed by atoms with E-state index >= 15 is 0 Å². The van der Waals surface area contributed by atoms with Gasteiger partial charge < -0.3 is 14.7 Å². The number of hydrogen-bond acceptors (Lipinski definition) is 6. The molecule has 4 rings (SSSR count). The zero-order valence-corrected chi connectivity index (χ0v) is 19.0. The lowest BCUT2D eigenvalue weighted by Gasteiger charge is -2.34. The third-order valence-electron chi connectivity index (χ3n) is 6.46. The summed E-state index contributed by atoms with van der Waals surface area (Å²) >= 11 is 1.27. The van der Waals surface area contributed by atoms with Crippen LogP contribution in [0.4, 0.5) is 5.13 Å². The van der Waals surface area contributed by atoms with Crippen molar-refractivity contribution in [1.82, 2.24) is 15.0 Å². The predicted octanol–water partition coefficient (Wildman–Crippen LogP) is 4.26. The number of aromatic nitrogens is 2. The highest BCUT2D eigenvalue weighted by atomic mass is 32.1. The summed E-state index contributed by atoms with van der Waals surface area (Å²) in [4.78, 5) is 30.1. The first-order chi connectivity index (χ1) is 14.2. The molecule has 2 aliphatic rings. The molecule has 1 fully saturated rings. The number of nitrogens with zero attached hydrogens (tertiary/aromatic N) is 3. The number of piperidine rings is 1. The van der Waals surface area contributed by atoms with Gasteiger partial charge in [-0.3, -0.25) is 9.59 Å². The van der Waals surface area contributed by atoms with E-state index in [9.17, 15) is 9.59 Å². The van der Waals surface area contributed by atoms with E-state index in [-0.39, 0.29) is 17.2 Å². The van der Waals surface area contributed by atoms with Crippen LogP contribution in [0.5, 0.6) is 0 Å². The van der Waals surface area contributed by atoms with Crippen molar-refractivity contribution in [3.8, 4) is 0 Å². The summed E-state index contributed by atoms with van der Waals surface area (Å²) in [6, 6.07) is 0. The Bertz CT molecular complexity index is 935. The number of carbonyl (C=O) groups is 2. The van der Waals surface area contributed by atoms with E-state index in [2.05, 4.69) is 36.2 Å². The lowest BCUT2D eigenvalue weighted by Crippen LogP contribution is -2.38. The Morgan fingerprint density at radius 2 is 1.97 bits per heavy atom. The molecule has 1 aliphatic carbocycles. The summed E-state index contributed by atoms with van der Waals surface area (Å²) in [5, 5.41) is 9.18. The van der Waals surface area contributed by atoms with Crippen molar-refractivity contribution < 1.29 is 14.1 Å². The Balaban J connectivity index is 1.40. The molecular formula is C22H30N4O3S. The molecule has 1 aliphatic heterocycles. The third kappa shape index (κ3) is 4.29. The highest BCUT2D eigenvalue weighted by molar-refractivity contribution is 7.14. The van der Waals surface area contributed by atoms with E-state index in [0.717, 1.165) is 37.1 Å². The molecule has 1 atom stereocenters. The molecular weight excluding hydrogens is 400 g/mol. The number of aryl methyl sites for hydroxylation is 1. The van der Waals surface area contributed by atoms with Crippen LogP contribution in [-0.4, -0.2) is 39.9 Å². The molecule has 7 nitrogen and oxygen atoms in total. The quantitative estimate of drug-likeness (QED) is 0.786. The second-order valence-electron chi connectivity index (χ2n) is 9.56. The minimum absolute atomic E-state index is 0.0753. The fourth-order valence-corrected chi connectivity index (χ4v) is 5.31. The van der Waals surface area contributed by atoms with Crippen molar-refractivity contribution in [2.75, 3.05) is 18.4 Å². The van der Waals surface area contributed by atoms with E-state index in [1.807, 2.05) is 4.90 Å². The fraction of sp³-hybridized carbons (Fsp3) is 0.636. The average Bonchev–Trinajstić information content (AvgIpc) is 3.33. The van der Waals surface area contributed by atoms with E-state index in [0.29, 0.717) is 35.8 Å². The smallest absolute Gasteiger partial charge is 0.273 e. The van der Waals surface area contributed by atoms with Gasteiger partial charge in [-0.2, -0.15) is 0 Å². The maximum Gasteiger partial charge on any atom is 0.273 e. The van der Waals surface area contributed by atoms with E-state index in [1.165, 1.54) is 30.2 Å². The first kappa shape index (κ1) is 21.0. The molecule has 162 valence electrons. The SMILES string of the molecule is CC(=O)Nc1nc(C(=O)N2CCC(c3onc4c3C[C@H](C(C)(C)C)CC4)CC2)cs1. The highest BCUT2D eigenvalue weighted by Gasteiger charge is 2.36. The summed E-state index contributed by atoms with van der Waals surface area (Å²) in [7, 11) is 0. The first-order valence-corrected chi connectivity index (χ1v) is 11.6. The molecule has 1 N–H and O–H groups in total. The second kappa shape index (κ2) is 8.13. The van der Waals surface area contributed by atoms with Crippen LogP contribution in [0.3, 0.4) is 0 Å². The van der Waals surface area contributed by atoms with E-state index < -0.39 is 0 Å². The Kier molecular flexibility index (Phi) is 5.70. The molecule has 0 aromatic carbocycles. The first-order valence-electron chi connectivity index (χ1n) is 10.7. The molecule has 30 heavy (non-hydrogen) atoms. The molecule has 0 unspecified atom stereocenters. The van der Waals surface area contributed by atoms with Crippen LogP contribution in [0.2, 0.25) is 0 Å². The molecule has 8 heteroatoms. The number of hydrogen-bond donors (Lipinski definition) is 1. The minimum Gasteiger partial charge on any atom is -0.361 e. The molecule has 1 saturated heterocycles. The number of anilines is 1. The summed E-state index contributed by atoms with van der Waals surface area (Å²) in [6.45, 7) is 9.73. The van der Waals surface area contributed by atoms with Crippen LogP contribution in [0.15, 0.2) is 9.90 Å². The van der Waals surface area contributed by atoms with Gasteiger partial charge in [-0.15, -0.1) is 11.3 Å². The van der Waals surface area contributed by atoms with Gasteiger partial charge in [-0.05, 0) is 43.4 Å². The Labute approximate surface area is 181 Å². The van der Waals surface area contributed by atoms with Crippen LogP contribution in [0.25, 0.3) is 0 Å². The summed E-state index contributed by atoms with van der Waals surface area (Å²) in [6.07, 6.45) is 4.95. The van der Waals surface area contributed by atoms with Crippen molar-refractivity contribution in [2.45, 2.75) is 65.7 Å². The number of rotatable bonds is 3. The van der Waals surface area contributed by atoms with Crippen LogP contribution in [0.1, 0.15) is 80.4 Å². The van der Waals surface area contributed by atoms with Gasteiger partial charge in [0.25, 0.3) is 5.91 Å². The Hall–Kier alpha value is -2.22. The van der Waals surface area contributed by atoms with Crippen molar-refractivity contribution in [1.29, 1.82) is 0 Å². The Morgan fingerprint density at radius 1 is 1.23 bits per heavy atom. The molecule has 3 heterocycles. The maximum absolute atomic E-state index is 12.8. The predicted molar refractivity (Wildman–Crippen MR) is 116 cm³/mol. The molecule has 2 aromatic rings. The van der Waals surface area contributed by atoms with Gasteiger partial charge in [0.05, 0.1) is 5.69 Å². The third-order valence-corrected chi connectivity index (χ3v) is 7.22.